The van der Waals surface area contributed by atoms with Crippen molar-refractivity contribution < 1.29 is 9.53 Å². The van der Waals surface area contributed by atoms with Crippen LogP contribution in [0.4, 0.5) is 22.1 Å². The number of aromatic nitrogens is 2. The first-order chi connectivity index (χ1) is 17.0. The van der Waals surface area contributed by atoms with Crippen LogP contribution in [0.2, 0.25) is 10.0 Å². The van der Waals surface area contributed by atoms with Gasteiger partial charge in [-0.15, -0.1) is 0 Å². The molecule has 1 aromatic heterocycles. The SMILES string of the molecule is CN(C)C[C@H]1CCCN1c1cc2nc(Nc3cc(CNC(=O)OC(C)(C)C)ccc3Cl)[nH]c2cc1Cl. The quantitative estimate of drug-likeness (QED) is 0.337. The first kappa shape index (κ1) is 26.4. The molecule has 3 aromatic rings. The zero-order chi connectivity index (χ0) is 26.0. The van der Waals surface area contributed by atoms with E-state index in [0.29, 0.717) is 34.3 Å². The van der Waals surface area contributed by atoms with Crippen molar-refractivity contribution in [2.45, 2.75) is 51.8 Å². The van der Waals surface area contributed by atoms with E-state index in [4.69, 9.17) is 32.9 Å². The third kappa shape index (κ3) is 6.55. The van der Waals surface area contributed by atoms with Gasteiger partial charge in [-0.3, -0.25) is 0 Å². The summed E-state index contributed by atoms with van der Waals surface area (Å²) in [4.78, 5) is 24.6. The summed E-state index contributed by atoms with van der Waals surface area (Å²) in [6.07, 6.45) is 1.83. The van der Waals surface area contributed by atoms with E-state index in [0.717, 1.165) is 48.2 Å². The van der Waals surface area contributed by atoms with Gasteiger partial charge in [-0.25, -0.2) is 9.78 Å². The number of H-pyrrole nitrogens is 1. The minimum atomic E-state index is -0.553. The molecule has 2 heterocycles. The van der Waals surface area contributed by atoms with Crippen LogP contribution < -0.4 is 15.5 Å². The number of nitrogens with zero attached hydrogens (tertiary/aromatic N) is 3. The third-order valence-corrected chi connectivity index (χ3v) is 6.56. The molecule has 0 unspecified atom stereocenters. The number of imidazole rings is 1. The summed E-state index contributed by atoms with van der Waals surface area (Å²) in [5.74, 6) is 0.559. The lowest BCUT2D eigenvalue weighted by Crippen LogP contribution is -2.37. The number of anilines is 3. The Morgan fingerprint density at radius 3 is 2.72 bits per heavy atom. The Morgan fingerprint density at radius 2 is 2.00 bits per heavy atom. The smallest absolute Gasteiger partial charge is 0.407 e. The van der Waals surface area contributed by atoms with Gasteiger partial charge in [0.05, 0.1) is 32.5 Å². The Hall–Kier alpha value is -2.68. The molecule has 4 rings (SSSR count). The van der Waals surface area contributed by atoms with Crippen LogP contribution in [0.5, 0.6) is 0 Å². The van der Waals surface area contributed by atoms with Crippen molar-refractivity contribution in [1.29, 1.82) is 0 Å². The molecule has 0 spiro atoms. The maximum atomic E-state index is 12.0. The first-order valence-electron chi connectivity index (χ1n) is 12.1. The van der Waals surface area contributed by atoms with Gasteiger partial charge in [-0.1, -0.05) is 29.3 Å². The van der Waals surface area contributed by atoms with Crippen LogP contribution in [0.25, 0.3) is 11.0 Å². The van der Waals surface area contributed by atoms with Crippen molar-refractivity contribution in [3.05, 3.63) is 45.9 Å². The van der Waals surface area contributed by atoms with Gasteiger partial charge >= 0.3 is 6.09 Å². The van der Waals surface area contributed by atoms with Crippen molar-refractivity contribution in [2.75, 3.05) is 37.4 Å². The lowest BCUT2D eigenvalue weighted by Gasteiger charge is -2.29. The maximum absolute atomic E-state index is 12.0. The molecule has 1 amide bonds. The topological polar surface area (TPSA) is 85.5 Å². The van der Waals surface area contributed by atoms with E-state index in [-0.39, 0.29) is 0 Å². The fraction of sp³-hybridized carbons (Fsp3) is 0.462. The van der Waals surface area contributed by atoms with Gasteiger partial charge in [-0.05, 0) is 77.5 Å². The van der Waals surface area contributed by atoms with Gasteiger partial charge in [-0.2, -0.15) is 0 Å². The molecule has 8 nitrogen and oxygen atoms in total. The van der Waals surface area contributed by atoms with E-state index >= 15 is 0 Å². The molecule has 0 saturated carbocycles. The Balaban J connectivity index is 1.50. The summed E-state index contributed by atoms with van der Waals surface area (Å²) in [6.45, 7) is 7.76. The Labute approximate surface area is 222 Å². The standard InChI is InChI=1S/C26H34Cl2N6O2/c1-26(2,3)36-25(35)29-14-16-8-9-18(27)20(11-16)30-24-31-21-12-19(28)23(13-22(21)32-24)34-10-6-7-17(34)15-33(4)5/h8-9,11-13,17H,6-7,10,14-15H2,1-5H3,(H,29,35)(H2,30,31,32)/t17-/m1/s1. The van der Waals surface area contributed by atoms with Crippen molar-refractivity contribution in [1.82, 2.24) is 20.2 Å². The van der Waals surface area contributed by atoms with Crippen LogP contribution in [0.15, 0.2) is 30.3 Å². The molecule has 3 N–H and O–H groups in total. The number of rotatable bonds is 7. The first-order valence-corrected chi connectivity index (χ1v) is 12.9. The summed E-state index contributed by atoms with van der Waals surface area (Å²) < 4.78 is 5.30. The van der Waals surface area contributed by atoms with Crippen molar-refractivity contribution >= 4 is 57.7 Å². The monoisotopic (exact) mass is 532 g/mol. The second-order valence-electron chi connectivity index (χ2n) is 10.5. The van der Waals surface area contributed by atoms with E-state index in [9.17, 15) is 4.79 Å². The normalized spacial score (nSPS) is 16.1. The minimum absolute atomic E-state index is 0.309. The average Bonchev–Trinajstić information content (AvgIpc) is 3.37. The van der Waals surface area contributed by atoms with Crippen LogP contribution in [0, 0.1) is 0 Å². The largest absolute Gasteiger partial charge is 0.444 e. The van der Waals surface area contributed by atoms with Crippen LogP contribution in [0.1, 0.15) is 39.2 Å². The zero-order valence-electron chi connectivity index (χ0n) is 21.4. The molecule has 1 saturated heterocycles. The summed E-state index contributed by atoms with van der Waals surface area (Å²) in [6, 6.07) is 9.93. The highest BCUT2D eigenvalue weighted by Gasteiger charge is 2.27. The number of nitrogens with one attached hydrogen (secondary N) is 3. The molecule has 1 aliphatic heterocycles. The van der Waals surface area contributed by atoms with Crippen molar-refractivity contribution in [3.8, 4) is 0 Å². The van der Waals surface area contributed by atoms with Crippen LogP contribution in [-0.4, -0.2) is 59.8 Å². The highest BCUT2D eigenvalue weighted by atomic mass is 35.5. The molecular formula is C26H34Cl2N6O2. The number of hydrogen-bond donors (Lipinski definition) is 3. The van der Waals surface area contributed by atoms with Gasteiger partial charge in [0.1, 0.15) is 5.60 Å². The van der Waals surface area contributed by atoms with Crippen molar-refractivity contribution in [2.24, 2.45) is 0 Å². The number of halogens is 2. The summed E-state index contributed by atoms with van der Waals surface area (Å²) >= 11 is 13.2. The van der Waals surface area contributed by atoms with Gasteiger partial charge in [0.25, 0.3) is 0 Å². The van der Waals surface area contributed by atoms with Gasteiger partial charge in [0.2, 0.25) is 5.95 Å². The predicted octanol–water partition coefficient (Wildman–Crippen LogP) is 6.17. The number of alkyl carbamates (subject to hydrolysis) is 1. The molecule has 1 aliphatic rings. The van der Waals surface area contributed by atoms with Crippen molar-refractivity contribution in [3.63, 3.8) is 0 Å². The minimum Gasteiger partial charge on any atom is -0.444 e. The third-order valence-electron chi connectivity index (χ3n) is 5.93. The Bertz CT molecular complexity index is 1240. The van der Waals surface area contributed by atoms with Gasteiger partial charge < -0.3 is 30.2 Å². The summed E-state index contributed by atoms with van der Waals surface area (Å²) in [5.41, 5.74) is 3.67. The second-order valence-corrected chi connectivity index (χ2v) is 11.3. The molecule has 194 valence electrons. The molecule has 1 fully saturated rings. The number of hydrogen-bond acceptors (Lipinski definition) is 6. The highest BCUT2D eigenvalue weighted by Crippen LogP contribution is 2.36. The highest BCUT2D eigenvalue weighted by molar-refractivity contribution is 6.34. The van der Waals surface area contributed by atoms with E-state index in [1.165, 1.54) is 0 Å². The molecular weight excluding hydrogens is 499 g/mol. The number of likely N-dealkylation sites (N-methyl/N-ethyl adjacent to an activating group) is 1. The molecule has 0 radical (unpaired) electrons. The molecule has 10 heteroatoms. The number of aromatic amines is 1. The Kier molecular flexibility index (Phi) is 7.87. The molecule has 36 heavy (non-hydrogen) atoms. The van der Waals surface area contributed by atoms with Gasteiger partial charge in [0.15, 0.2) is 0 Å². The van der Waals surface area contributed by atoms with Crippen LogP contribution in [0.3, 0.4) is 0 Å². The number of carbonyl (C=O) groups excluding carboxylic acids is 1. The van der Waals surface area contributed by atoms with E-state index < -0.39 is 11.7 Å². The fourth-order valence-electron chi connectivity index (χ4n) is 4.46. The van der Waals surface area contributed by atoms with E-state index in [1.807, 2.05) is 39.0 Å². The summed E-state index contributed by atoms with van der Waals surface area (Å²) in [5, 5.41) is 7.28. The van der Waals surface area contributed by atoms with E-state index in [2.05, 4.69) is 45.6 Å². The molecule has 1 atom stereocenters. The predicted molar refractivity (Wildman–Crippen MR) is 148 cm³/mol. The molecule has 0 bridgehead atoms. The number of fused-ring (bicyclic) bond motifs is 1. The fourth-order valence-corrected chi connectivity index (χ4v) is 4.89. The number of ether oxygens (including phenoxy) is 1. The zero-order valence-corrected chi connectivity index (χ0v) is 22.9. The number of amides is 1. The maximum Gasteiger partial charge on any atom is 0.407 e. The van der Waals surface area contributed by atoms with Crippen LogP contribution >= 0.6 is 23.2 Å². The second kappa shape index (κ2) is 10.7. The Morgan fingerprint density at radius 1 is 1.22 bits per heavy atom. The van der Waals surface area contributed by atoms with E-state index in [1.54, 1.807) is 6.07 Å². The van der Waals surface area contributed by atoms with Crippen LogP contribution in [-0.2, 0) is 11.3 Å². The van der Waals surface area contributed by atoms with Gasteiger partial charge in [0, 0.05) is 25.7 Å². The lowest BCUT2D eigenvalue weighted by molar-refractivity contribution is 0.0523. The summed E-state index contributed by atoms with van der Waals surface area (Å²) in [7, 11) is 4.20. The molecule has 2 aromatic carbocycles. The number of benzene rings is 2. The molecule has 0 aliphatic carbocycles. The lowest BCUT2D eigenvalue weighted by atomic mass is 10.2. The number of carbonyl (C=O) groups is 1. The average molecular weight is 534 g/mol.